The molecule has 122 valence electrons. The van der Waals surface area contributed by atoms with Crippen LogP contribution in [0.1, 0.15) is 45.7 Å². The van der Waals surface area contributed by atoms with Crippen LogP contribution in [0.4, 0.5) is 5.82 Å². The Bertz CT molecular complexity index is 564. The van der Waals surface area contributed by atoms with Gasteiger partial charge in [-0.05, 0) is 49.6 Å². The Morgan fingerprint density at radius 2 is 2.14 bits per heavy atom. The number of anilines is 1. The minimum atomic E-state index is 0.173. The van der Waals surface area contributed by atoms with Crippen LogP contribution in [0.3, 0.4) is 0 Å². The average Bonchev–Trinajstić information content (AvgIpc) is 2.99. The van der Waals surface area contributed by atoms with Crippen molar-refractivity contribution < 1.29 is 4.79 Å². The molecule has 1 atom stereocenters. The third-order valence-electron chi connectivity index (χ3n) is 5.00. The van der Waals surface area contributed by atoms with Crippen molar-refractivity contribution in [3.8, 4) is 0 Å². The predicted molar refractivity (Wildman–Crippen MR) is 87.6 cm³/mol. The number of carbonyl (C=O) groups excluding carboxylic acids is 1. The normalized spacial score (nSPS) is 23.5. The summed E-state index contributed by atoms with van der Waals surface area (Å²) in [6.45, 7) is 8.69. The van der Waals surface area contributed by atoms with E-state index in [-0.39, 0.29) is 22.7 Å². The molecule has 2 heterocycles. The number of hydrogen-bond acceptors (Lipinski definition) is 3. The van der Waals surface area contributed by atoms with Crippen molar-refractivity contribution in [1.82, 2.24) is 15.1 Å². The molecule has 1 aromatic heterocycles. The van der Waals surface area contributed by atoms with Gasteiger partial charge in [-0.2, -0.15) is 5.10 Å². The molecular weight excluding hydrogens is 276 g/mol. The van der Waals surface area contributed by atoms with E-state index in [0.29, 0.717) is 0 Å². The van der Waals surface area contributed by atoms with E-state index in [2.05, 4.69) is 36.5 Å². The fourth-order valence-corrected chi connectivity index (χ4v) is 3.68. The van der Waals surface area contributed by atoms with E-state index in [1.807, 2.05) is 13.1 Å². The average molecular weight is 304 g/mol. The number of aromatic nitrogens is 2. The molecule has 1 unspecified atom stereocenters. The van der Waals surface area contributed by atoms with Crippen LogP contribution in [0.5, 0.6) is 0 Å². The summed E-state index contributed by atoms with van der Waals surface area (Å²) in [5, 5.41) is 11.0. The Labute approximate surface area is 132 Å². The van der Waals surface area contributed by atoms with Gasteiger partial charge in [0, 0.05) is 19.0 Å². The van der Waals surface area contributed by atoms with Gasteiger partial charge in [-0.1, -0.05) is 20.8 Å². The van der Waals surface area contributed by atoms with Gasteiger partial charge in [-0.25, -0.2) is 0 Å². The maximum Gasteiger partial charge on any atom is 0.229 e. The topological polar surface area (TPSA) is 59.0 Å². The van der Waals surface area contributed by atoms with Crippen molar-refractivity contribution in [2.45, 2.75) is 46.5 Å². The predicted octanol–water partition coefficient (Wildman–Crippen LogP) is 2.34. The van der Waals surface area contributed by atoms with Crippen molar-refractivity contribution >= 4 is 11.7 Å². The van der Waals surface area contributed by atoms with Crippen LogP contribution in [-0.4, -0.2) is 28.8 Å². The second-order valence-electron chi connectivity index (χ2n) is 8.24. The molecule has 5 heteroatoms. The van der Waals surface area contributed by atoms with Gasteiger partial charge in [-0.3, -0.25) is 9.48 Å². The molecule has 0 radical (unpaired) electrons. The SMILES string of the molecule is Cn1nc(CC(C)(C)C)cc1NC(=O)C1CC12CCNCC2. The zero-order valence-electron chi connectivity index (χ0n) is 14.2. The molecule has 1 aliphatic heterocycles. The maximum absolute atomic E-state index is 12.5. The second kappa shape index (κ2) is 5.37. The van der Waals surface area contributed by atoms with Gasteiger partial charge in [0.2, 0.25) is 5.91 Å². The van der Waals surface area contributed by atoms with Crippen molar-refractivity contribution in [1.29, 1.82) is 0 Å². The molecule has 0 aromatic carbocycles. The molecule has 1 saturated carbocycles. The summed E-state index contributed by atoms with van der Waals surface area (Å²) in [5.41, 5.74) is 1.52. The summed E-state index contributed by atoms with van der Waals surface area (Å²) in [4.78, 5) is 12.5. The van der Waals surface area contributed by atoms with Crippen LogP contribution in [0.25, 0.3) is 0 Å². The minimum absolute atomic E-state index is 0.173. The lowest BCUT2D eigenvalue weighted by Gasteiger charge is -2.23. The number of piperidine rings is 1. The molecule has 2 N–H and O–H groups in total. The van der Waals surface area contributed by atoms with Crippen molar-refractivity contribution in [2.75, 3.05) is 18.4 Å². The number of carbonyl (C=O) groups is 1. The zero-order chi connectivity index (χ0) is 16.0. The molecule has 1 aromatic rings. The van der Waals surface area contributed by atoms with Crippen LogP contribution in [-0.2, 0) is 18.3 Å². The zero-order valence-corrected chi connectivity index (χ0v) is 14.2. The Kier molecular flexibility index (Phi) is 3.79. The summed E-state index contributed by atoms with van der Waals surface area (Å²) >= 11 is 0. The maximum atomic E-state index is 12.5. The largest absolute Gasteiger partial charge is 0.317 e. The van der Waals surface area contributed by atoms with Crippen molar-refractivity contribution in [2.24, 2.45) is 23.8 Å². The van der Waals surface area contributed by atoms with E-state index >= 15 is 0 Å². The standard InChI is InChI=1S/C17H28N4O/c1-16(2,3)10-12-9-14(21(4)20-12)19-15(22)13-11-17(13)5-7-18-8-6-17/h9,13,18H,5-8,10-11H2,1-4H3,(H,19,22). The van der Waals surface area contributed by atoms with E-state index < -0.39 is 0 Å². The molecule has 5 nitrogen and oxygen atoms in total. The Morgan fingerprint density at radius 3 is 2.77 bits per heavy atom. The molecule has 2 aliphatic rings. The fraction of sp³-hybridized carbons (Fsp3) is 0.765. The number of rotatable bonds is 3. The van der Waals surface area contributed by atoms with E-state index in [1.165, 1.54) is 0 Å². The first kappa shape index (κ1) is 15.5. The number of amides is 1. The first-order chi connectivity index (χ1) is 10.3. The smallest absolute Gasteiger partial charge is 0.229 e. The van der Waals surface area contributed by atoms with Crippen molar-refractivity contribution in [3.63, 3.8) is 0 Å². The Balaban J connectivity index is 1.63. The third kappa shape index (κ3) is 3.19. The summed E-state index contributed by atoms with van der Waals surface area (Å²) in [6.07, 6.45) is 4.22. The van der Waals surface area contributed by atoms with Gasteiger partial charge in [0.15, 0.2) is 0 Å². The van der Waals surface area contributed by atoms with Gasteiger partial charge in [0.25, 0.3) is 0 Å². The van der Waals surface area contributed by atoms with E-state index in [9.17, 15) is 4.79 Å². The van der Waals surface area contributed by atoms with Gasteiger partial charge in [0.05, 0.1) is 5.69 Å². The molecule has 0 bridgehead atoms. The van der Waals surface area contributed by atoms with Crippen molar-refractivity contribution in [3.05, 3.63) is 11.8 Å². The minimum Gasteiger partial charge on any atom is -0.317 e. The van der Waals surface area contributed by atoms with Gasteiger partial charge in [0.1, 0.15) is 5.82 Å². The van der Waals surface area contributed by atoms with Gasteiger partial charge >= 0.3 is 0 Å². The number of hydrogen-bond donors (Lipinski definition) is 2. The lowest BCUT2D eigenvalue weighted by Crippen LogP contribution is -2.31. The molecule has 1 amide bonds. The van der Waals surface area contributed by atoms with Crippen LogP contribution in [0.2, 0.25) is 0 Å². The Morgan fingerprint density at radius 1 is 1.45 bits per heavy atom. The number of nitrogens with zero attached hydrogens (tertiary/aromatic N) is 2. The molecule has 1 spiro atoms. The van der Waals surface area contributed by atoms with E-state index in [4.69, 9.17) is 0 Å². The number of nitrogens with one attached hydrogen (secondary N) is 2. The second-order valence-corrected chi connectivity index (χ2v) is 8.24. The Hall–Kier alpha value is -1.36. The molecule has 22 heavy (non-hydrogen) atoms. The van der Waals surface area contributed by atoms with Crippen LogP contribution < -0.4 is 10.6 Å². The van der Waals surface area contributed by atoms with E-state index in [0.717, 1.165) is 50.3 Å². The monoisotopic (exact) mass is 304 g/mol. The third-order valence-corrected chi connectivity index (χ3v) is 5.00. The molecule has 2 fully saturated rings. The van der Waals surface area contributed by atoms with Gasteiger partial charge in [-0.15, -0.1) is 0 Å². The van der Waals surface area contributed by atoms with Gasteiger partial charge < -0.3 is 10.6 Å². The highest BCUT2D eigenvalue weighted by Crippen LogP contribution is 2.58. The highest BCUT2D eigenvalue weighted by atomic mass is 16.2. The lowest BCUT2D eigenvalue weighted by atomic mass is 9.91. The molecule has 1 saturated heterocycles. The molecule has 1 aliphatic carbocycles. The molecule has 3 rings (SSSR count). The lowest BCUT2D eigenvalue weighted by molar-refractivity contribution is -0.118. The first-order valence-corrected chi connectivity index (χ1v) is 8.34. The highest BCUT2D eigenvalue weighted by molar-refractivity contribution is 5.94. The van der Waals surface area contributed by atoms with E-state index in [1.54, 1.807) is 4.68 Å². The first-order valence-electron chi connectivity index (χ1n) is 8.34. The summed E-state index contributed by atoms with van der Waals surface area (Å²) in [7, 11) is 1.90. The summed E-state index contributed by atoms with van der Waals surface area (Å²) in [5.74, 6) is 1.18. The summed E-state index contributed by atoms with van der Waals surface area (Å²) < 4.78 is 1.79. The fourth-order valence-electron chi connectivity index (χ4n) is 3.68. The molecular formula is C17H28N4O. The van der Waals surface area contributed by atoms with Crippen LogP contribution in [0, 0.1) is 16.7 Å². The quantitative estimate of drug-likeness (QED) is 0.901. The summed E-state index contributed by atoms with van der Waals surface area (Å²) in [6, 6.07) is 2.01. The highest BCUT2D eigenvalue weighted by Gasteiger charge is 2.57. The number of aryl methyl sites for hydroxylation is 1. The van der Waals surface area contributed by atoms with Crippen LogP contribution >= 0.6 is 0 Å². The van der Waals surface area contributed by atoms with Crippen LogP contribution in [0.15, 0.2) is 6.07 Å².